The Morgan fingerprint density at radius 1 is 1.23 bits per heavy atom. The van der Waals surface area contributed by atoms with Crippen LogP contribution in [0.25, 0.3) is 0 Å². The summed E-state index contributed by atoms with van der Waals surface area (Å²) in [5.74, 6) is 0.238. The van der Waals surface area contributed by atoms with Crippen LogP contribution in [0.4, 0.5) is 10.1 Å². The SMILES string of the molecule is Cc1cc(NC(=O)CCC2CCCC2)c(=O)n(Cc2ccc(F)cc2)c1. The quantitative estimate of drug-likeness (QED) is 0.841. The largest absolute Gasteiger partial charge is 0.321 e. The summed E-state index contributed by atoms with van der Waals surface area (Å²) in [6.45, 7) is 2.22. The molecule has 1 fully saturated rings. The van der Waals surface area contributed by atoms with Crippen molar-refractivity contribution in [2.24, 2.45) is 5.92 Å². The predicted octanol–water partition coefficient (Wildman–Crippen LogP) is 4.25. The number of carbonyl (C=O) groups excluding carboxylic acids is 1. The van der Waals surface area contributed by atoms with Crippen LogP contribution >= 0.6 is 0 Å². The second-order valence-electron chi connectivity index (χ2n) is 7.23. The zero-order chi connectivity index (χ0) is 18.5. The molecule has 1 N–H and O–H groups in total. The Morgan fingerprint density at radius 3 is 2.62 bits per heavy atom. The third-order valence-electron chi connectivity index (χ3n) is 5.02. The Hall–Kier alpha value is -2.43. The molecule has 5 heteroatoms. The minimum atomic E-state index is -0.305. The second kappa shape index (κ2) is 8.30. The van der Waals surface area contributed by atoms with Crippen molar-refractivity contribution >= 4 is 11.6 Å². The van der Waals surface area contributed by atoms with Gasteiger partial charge in [-0.2, -0.15) is 0 Å². The smallest absolute Gasteiger partial charge is 0.274 e. The average Bonchev–Trinajstić information content (AvgIpc) is 3.13. The minimum absolute atomic E-state index is 0.104. The molecule has 0 bridgehead atoms. The fraction of sp³-hybridized carbons (Fsp3) is 0.429. The summed E-state index contributed by atoms with van der Waals surface area (Å²) >= 11 is 0. The van der Waals surface area contributed by atoms with E-state index in [-0.39, 0.29) is 17.3 Å². The number of rotatable bonds is 6. The first-order chi connectivity index (χ1) is 12.5. The van der Waals surface area contributed by atoms with E-state index in [4.69, 9.17) is 0 Å². The molecule has 0 spiro atoms. The Kier molecular flexibility index (Phi) is 5.86. The normalized spacial score (nSPS) is 14.5. The summed E-state index contributed by atoms with van der Waals surface area (Å²) in [6.07, 6.45) is 8.04. The summed E-state index contributed by atoms with van der Waals surface area (Å²) in [6, 6.07) is 7.77. The number of aromatic nitrogens is 1. The van der Waals surface area contributed by atoms with Gasteiger partial charge in [-0.15, -0.1) is 0 Å². The van der Waals surface area contributed by atoms with Crippen LogP contribution in [-0.2, 0) is 11.3 Å². The molecule has 1 saturated carbocycles. The van der Waals surface area contributed by atoms with E-state index in [9.17, 15) is 14.0 Å². The molecule has 1 aliphatic rings. The number of aryl methyl sites for hydroxylation is 1. The lowest BCUT2D eigenvalue weighted by atomic mass is 10.0. The summed E-state index contributed by atoms with van der Waals surface area (Å²) in [5.41, 5.74) is 1.79. The van der Waals surface area contributed by atoms with Crippen LogP contribution in [-0.4, -0.2) is 10.5 Å². The van der Waals surface area contributed by atoms with Crippen molar-refractivity contribution in [3.8, 4) is 0 Å². The first-order valence-corrected chi connectivity index (χ1v) is 9.26. The molecule has 0 saturated heterocycles. The molecular weight excluding hydrogens is 331 g/mol. The van der Waals surface area contributed by atoms with Gasteiger partial charge in [0, 0.05) is 12.6 Å². The summed E-state index contributed by atoms with van der Waals surface area (Å²) in [5, 5.41) is 2.78. The molecule has 138 valence electrons. The summed E-state index contributed by atoms with van der Waals surface area (Å²) < 4.78 is 14.6. The van der Waals surface area contributed by atoms with E-state index in [1.165, 1.54) is 37.8 Å². The highest BCUT2D eigenvalue weighted by Crippen LogP contribution is 2.28. The van der Waals surface area contributed by atoms with Crippen LogP contribution in [0.3, 0.4) is 0 Å². The number of nitrogens with zero attached hydrogens (tertiary/aromatic N) is 1. The molecule has 1 aromatic heterocycles. The summed E-state index contributed by atoms with van der Waals surface area (Å²) in [4.78, 5) is 24.9. The number of nitrogens with one attached hydrogen (secondary N) is 1. The molecule has 0 aliphatic heterocycles. The van der Waals surface area contributed by atoms with Crippen molar-refractivity contribution in [3.63, 3.8) is 0 Å². The molecule has 0 unspecified atom stereocenters. The van der Waals surface area contributed by atoms with E-state index in [0.29, 0.717) is 24.6 Å². The van der Waals surface area contributed by atoms with Crippen molar-refractivity contribution in [3.05, 3.63) is 63.8 Å². The van der Waals surface area contributed by atoms with Crippen LogP contribution in [0.5, 0.6) is 0 Å². The molecule has 4 nitrogen and oxygen atoms in total. The number of halogens is 1. The minimum Gasteiger partial charge on any atom is -0.321 e. The molecule has 26 heavy (non-hydrogen) atoms. The molecular formula is C21H25FN2O2. The fourth-order valence-electron chi connectivity index (χ4n) is 3.63. The van der Waals surface area contributed by atoms with Crippen molar-refractivity contribution in [2.75, 3.05) is 5.32 Å². The predicted molar refractivity (Wildman–Crippen MR) is 101 cm³/mol. The highest BCUT2D eigenvalue weighted by Gasteiger charge is 2.17. The Balaban J connectivity index is 1.69. The fourth-order valence-corrected chi connectivity index (χ4v) is 3.63. The first kappa shape index (κ1) is 18.4. The van der Waals surface area contributed by atoms with Gasteiger partial charge in [0.1, 0.15) is 11.5 Å². The molecule has 1 heterocycles. The molecule has 1 amide bonds. The lowest BCUT2D eigenvalue weighted by Crippen LogP contribution is -2.26. The van der Waals surface area contributed by atoms with Crippen molar-refractivity contribution in [2.45, 2.75) is 52.0 Å². The Bertz CT molecular complexity index is 821. The van der Waals surface area contributed by atoms with Crippen LogP contribution in [0.2, 0.25) is 0 Å². The Morgan fingerprint density at radius 2 is 1.92 bits per heavy atom. The van der Waals surface area contributed by atoms with Gasteiger partial charge in [0.2, 0.25) is 5.91 Å². The lowest BCUT2D eigenvalue weighted by molar-refractivity contribution is -0.116. The monoisotopic (exact) mass is 356 g/mol. The van der Waals surface area contributed by atoms with Crippen molar-refractivity contribution in [1.82, 2.24) is 4.57 Å². The van der Waals surface area contributed by atoms with Gasteiger partial charge in [0.25, 0.3) is 5.56 Å². The molecule has 1 aromatic carbocycles. The number of anilines is 1. The van der Waals surface area contributed by atoms with E-state index in [2.05, 4.69) is 5.32 Å². The third kappa shape index (κ3) is 4.81. The van der Waals surface area contributed by atoms with Gasteiger partial charge in [0.05, 0.1) is 6.54 Å². The number of hydrogen-bond donors (Lipinski definition) is 1. The van der Waals surface area contributed by atoms with Crippen LogP contribution in [0, 0.1) is 18.7 Å². The lowest BCUT2D eigenvalue weighted by Gasteiger charge is -2.12. The van der Waals surface area contributed by atoms with Crippen molar-refractivity contribution in [1.29, 1.82) is 0 Å². The zero-order valence-corrected chi connectivity index (χ0v) is 15.1. The topological polar surface area (TPSA) is 51.1 Å². The Labute approximate surface area is 153 Å². The van der Waals surface area contributed by atoms with E-state index in [0.717, 1.165) is 17.5 Å². The van der Waals surface area contributed by atoms with Gasteiger partial charge in [-0.25, -0.2) is 4.39 Å². The van der Waals surface area contributed by atoms with E-state index < -0.39 is 0 Å². The molecule has 2 aromatic rings. The van der Waals surface area contributed by atoms with Gasteiger partial charge in [-0.3, -0.25) is 9.59 Å². The first-order valence-electron chi connectivity index (χ1n) is 9.26. The second-order valence-corrected chi connectivity index (χ2v) is 7.23. The molecule has 3 rings (SSSR count). The number of hydrogen-bond acceptors (Lipinski definition) is 2. The maximum atomic E-state index is 13.0. The standard InChI is InChI=1S/C21H25FN2O2/c1-15-12-19(23-20(25)11-8-16-4-2-3-5-16)21(26)24(13-15)14-17-6-9-18(22)10-7-17/h6-7,9-10,12-13,16H,2-5,8,11,14H2,1H3,(H,23,25). The number of pyridine rings is 1. The van der Waals surface area contributed by atoms with Gasteiger partial charge >= 0.3 is 0 Å². The van der Waals surface area contributed by atoms with E-state index in [1.54, 1.807) is 29.0 Å². The highest BCUT2D eigenvalue weighted by molar-refractivity contribution is 5.90. The van der Waals surface area contributed by atoms with Gasteiger partial charge in [-0.1, -0.05) is 37.8 Å². The maximum absolute atomic E-state index is 13.0. The number of benzene rings is 1. The van der Waals surface area contributed by atoms with E-state index >= 15 is 0 Å². The zero-order valence-electron chi connectivity index (χ0n) is 15.1. The third-order valence-corrected chi connectivity index (χ3v) is 5.02. The van der Waals surface area contributed by atoms with Gasteiger partial charge in [-0.05, 0) is 48.6 Å². The molecule has 1 aliphatic carbocycles. The van der Waals surface area contributed by atoms with Crippen LogP contribution in [0.1, 0.15) is 49.7 Å². The number of amides is 1. The maximum Gasteiger partial charge on any atom is 0.274 e. The molecule has 0 radical (unpaired) electrons. The van der Waals surface area contributed by atoms with Gasteiger partial charge in [0.15, 0.2) is 0 Å². The summed E-state index contributed by atoms with van der Waals surface area (Å²) in [7, 11) is 0. The average molecular weight is 356 g/mol. The van der Waals surface area contributed by atoms with Gasteiger partial charge < -0.3 is 9.88 Å². The van der Waals surface area contributed by atoms with Crippen molar-refractivity contribution < 1.29 is 9.18 Å². The highest BCUT2D eigenvalue weighted by atomic mass is 19.1. The molecule has 0 atom stereocenters. The van der Waals surface area contributed by atoms with Crippen LogP contribution in [0.15, 0.2) is 41.3 Å². The number of carbonyl (C=O) groups is 1. The van der Waals surface area contributed by atoms with Crippen LogP contribution < -0.4 is 10.9 Å². The van der Waals surface area contributed by atoms with E-state index in [1.807, 2.05) is 6.92 Å².